The molecule has 1 aliphatic rings. The van der Waals surface area contributed by atoms with Crippen LogP contribution in [0.3, 0.4) is 0 Å². The monoisotopic (exact) mass is 299 g/mol. The standard InChI is InChI=1S/C14H22BrNO/c1-2-16-14(12-9-10-13(15)17-12)11-7-5-3-4-6-8-11/h9-11,14,16H,2-8H2,1H3. The summed E-state index contributed by atoms with van der Waals surface area (Å²) in [6.45, 7) is 3.17. The Balaban J connectivity index is 2.09. The lowest BCUT2D eigenvalue weighted by Crippen LogP contribution is -2.27. The van der Waals surface area contributed by atoms with Gasteiger partial charge in [0, 0.05) is 0 Å². The van der Waals surface area contributed by atoms with Crippen LogP contribution in [-0.2, 0) is 0 Å². The summed E-state index contributed by atoms with van der Waals surface area (Å²) in [5, 5.41) is 3.60. The first-order valence-corrected chi connectivity index (χ1v) is 7.59. The van der Waals surface area contributed by atoms with Crippen LogP contribution in [0.4, 0.5) is 0 Å². The zero-order valence-electron chi connectivity index (χ0n) is 10.5. The van der Waals surface area contributed by atoms with E-state index in [0.29, 0.717) is 6.04 Å². The average molecular weight is 300 g/mol. The van der Waals surface area contributed by atoms with Crippen LogP contribution >= 0.6 is 15.9 Å². The van der Waals surface area contributed by atoms with Crippen molar-refractivity contribution in [3.63, 3.8) is 0 Å². The van der Waals surface area contributed by atoms with Gasteiger partial charge in [0.05, 0.1) is 6.04 Å². The second-order valence-corrected chi connectivity index (χ2v) is 5.71. The second-order valence-electron chi connectivity index (χ2n) is 4.93. The molecule has 0 radical (unpaired) electrons. The van der Waals surface area contributed by atoms with Crippen molar-refractivity contribution in [1.82, 2.24) is 5.32 Å². The van der Waals surface area contributed by atoms with E-state index in [-0.39, 0.29) is 0 Å². The molecule has 0 aliphatic heterocycles. The van der Waals surface area contributed by atoms with Gasteiger partial charge in [0.2, 0.25) is 0 Å². The molecule has 1 heterocycles. The minimum atomic E-state index is 0.393. The van der Waals surface area contributed by atoms with Crippen LogP contribution in [0.25, 0.3) is 0 Å². The van der Waals surface area contributed by atoms with Crippen LogP contribution in [0, 0.1) is 5.92 Å². The number of nitrogens with one attached hydrogen (secondary N) is 1. The van der Waals surface area contributed by atoms with Crippen molar-refractivity contribution in [1.29, 1.82) is 0 Å². The van der Waals surface area contributed by atoms with Crippen LogP contribution in [0.15, 0.2) is 21.2 Å². The molecule has 1 aliphatic carbocycles. The van der Waals surface area contributed by atoms with Gasteiger partial charge in [-0.25, -0.2) is 0 Å². The zero-order chi connectivity index (χ0) is 12.1. The van der Waals surface area contributed by atoms with E-state index >= 15 is 0 Å². The number of hydrogen-bond acceptors (Lipinski definition) is 2. The van der Waals surface area contributed by atoms with Gasteiger partial charge in [-0.15, -0.1) is 0 Å². The van der Waals surface area contributed by atoms with Crippen LogP contribution in [0.1, 0.15) is 57.3 Å². The molecule has 1 aromatic heterocycles. The Morgan fingerprint density at radius 2 is 2.00 bits per heavy atom. The molecule has 0 amide bonds. The number of hydrogen-bond donors (Lipinski definition) is 1. The molecule has 2 rings (SSSR count). The Hall–Kier alpha value is -0.280. The van der Waals surface area contributed by atoms with Crippen molar-refractivity contribution in [2.75, 3.05) is 6.54 Å². The average Bonchev–Trinajstić information content (AvgIpc) is 2.60. The third-order valence-electron chi connectivity index (χ3n) is 3.70. The fraction of sp³-hybridized carbons (Fsp3) is 0.714. The van der Waals surface area contributed by atoms with Crippen molar-refractivity contribution >= 4 is 15.9 Å². The first-order valence-electron chi connectivity index (χ1n) is 6.80. The Morgan fingerprint density at radius 3 is 2.53 bits per heavy atom. The summed E-state index contributed by atoms with van der Waals surface area (Å²) in [5.74, 6) is 1.82. The first-order chi connectivity index (χ1) is 8.31. The zero-order valence-corrected chi connectivity index (χ0v) is 12.1. The van der Waals surface area contributed by atoms with E-state index in [1.54, 1.807) is 0 Å². The smallest absolute Gasteiger partial charge is 0.169 e. The summed E-state index contributed by atoms with van der Waals surface area (Å²) in [6, 6.07) is 4.49. The molecule has 1 fully saturated rings. The van der Waals surface area contributed by atoms with Gasteiger partial charge in [0.15, 0.2) is 4.67 Å². The molecule has 1 saturated carbocycles. The van der Waals surface area contributed by atoms with Gasteiger partial charge < -0.3 is 9.73 Å². The number of halogens is 1. The minimum absolute atomic E-state index is 0.393. The lowest BCUT2D eigenvalue weighted by molar-refractivity contribution is 0.284. The molecule has 0 bridgehead atoms. The van der Waals surface area contributed by atoms with Gasteiger partial charge in [-0.1, -0.05) is 32.6 Å². The maximum atomic E-state index is 5.75. The van der Waals surface area contributed by atoms with Crippen LogP contribution in [-0.4, -0.2) is 6.54 Å². The van der Waals surface area contributed by atoms with Crippen molar-refractivity contribution in [3.8, 4) is 0 Å². The highest BCUT2D eigenvalue weighted by Crippen LogP contribution is 2.34. The molecule has 3 heteroatoms. The summed E-state index contributed by atoms with van der Waals surface area (Å²) in [6.07, 6.45) is 8.20. The quantitative estimate of drug-likeness (QED) is 0.818. The lowest BCUT2D eigenvalue weighted by Gasteiger charge is -2.25. The minimum Gasteiger partial charge on any atom is -0.453 e. The van der Waals surface area contributed by atoms with Crippen LogP contribution < -0.4 is 5.32 Å². The van der Waals surface area contributed by atoms with Crippen molar-refractivity contribution < 1.29 is 4.42 Å². The summed E-state index contributed by atoms with van der Waals surface area (Å²) in [4.78, 5) is 0. The molecular weight excluding hydrogens is 278 g/mol. The normalized spacial score (nSPS) is 20.1. The largest absolute Gasteiger partial charge is 0.453 e. The second kappa shape index (κ2) is 6.60. The van der Waals surface area contributed by atoms with Gasteiger partial charge in [-0.2, -0.15) is 0 Å². The SMILES string of the molecule is CCNC(c1ccc(Br)o1)C1CCCCCC1. The van der Waals surface area contributed by atoms with Crippen molar-refractivity contribution in [2.45, 2.75) is 51.5 Å². The number of rotatable bonds is 4. The predicted molar refractivity (Wildman–Crippen MR) is 74.0 cm³/mol. The van der Waals surface area contributed by atoms with E-state index in [1.807, 2.05) is 6.07 Å². The molecule has 1 aromatic rings. The van der Waals surface area contributed by atoms with Crippen LogP contribution in [0.2, 0.25) is 0 Å². The van der Waals surface area contributed by atoms with Crippen molar-refractivity contribution in [2.24, 2.45) is 5.92 Å². The molecule has 96 valence electrons. The van der Waals surface area contributed by atoms with Gasteiger partial charge in [0.1, 0.15) is 5.76 Å². The van der Waals surface area contributed by atoms with Gasteiger partial charge in [-0.3, -0.25) is 0 Å². The lowest BCUT2D eigenvalue weighted by atomic mass is 9.90. The van der Waals surface area contributed by atoms with E-state index in [1.165, 1.54) is 38.5 Å². The third kappa shape index (κ3) is 3.59. The maximum Gasteiger partial charge on any atom is 0.169 e. The van der Waals surface area contributed by atoms with Gasteiger partial charge in [-0.05, 0) is 53.4 Å². The molecule has 17 heavy (non-hydrogen) atoms. The molecule has 0 aromatic carbocycles. The molecule has 0 saturated heterocycles. The van der Waals surface area contributed by atoms with E-state index in [0.717, 1.165) is 22.9 Å². The Kier molecular flexibility index (Phi) is 5.11. The van der Waals surface area contributed by atoms with Crippen molar-refractivity contribution in [3.05, 3.63) is 22.6 Å². The van der Waals surface area contributed by atoms with E-state index in [9.17, 15) is 0 Å². The fourth-order valence-corrected chi connectivity index (χ4v) is 3.18. The summed E-state index contributed by atoms with van der Waals surface area (Å²) in [7, 11) is 0. The van der Waals surface area contributed by atoms with Gasteiger partial charge >= 0.3 is 0 Å². The highest BCUT2D eigenvalue weighted by atomic mass is 79.9. The molecular formula is C14H22BrNO. The highest BCUT2D eigenvalue weighted by Gasteiger charge is 2.25. The van der Waals surface area contributed by atoms with Gasteiger partial charge in [0.25, 0.3) is 0 Å². The Labute approximate surface area is 112 Å². The fourth-order valence-electron chi connectivity index (χ4n) is 2.86. The number of furan rings is 1. The van der Waals surface area contributed by atoms with E-state index in [4.69, 9.17) is 4.42 Å². The molecule has 1 N–H and O–H groups in total. The van der Waals surface area contributed by atoms with E-state index < -0.39 is 0 Å². The first kappa shape index (κ1) is 13.2. The third-order valence-corrected chi connectivity index (χ3v) is 4.12. The molecule has 2 nitrogen and oxygen atoms in total. The molecule has 0 spiro atoms. The van der Waals surface area contributed by atoms with Crippen LogP contribution in [0.5, 0.6) is 0 Å². The topological polar surface area (TPSA) is 25.2 Å². The predicted octanol–water partition coefficient (Wildman–Crippen LogP) is 4.66. The molecule has 1 atom stereocenters. The van der Waals surface area contributed by atoms with E-state index in [2.05, 4.69) is 34.2 Å². The summed E-state index contributed by atoms with van der Waals surface area (Å²) >= 11 is 3.40. The maximum absolute atomic E-state index is 5.75. The summed E-state index contributed by atoms with van der Waals surface area (Å²) < 4.78 is 6.58. The highest BCUT2D eigenvalue weighted by molar-refractivity contribution is 9.10. The molecule has 1 unspecified atom stereocenters. The Morgan fingerprint density at radius 1 is 1.29 bits per heavy atom. The Bertz CT molecular complexity index is 329. The summed E-state index contributed by atoms with van der Waals surface area (Å²) in [5.41, 5.74) is 0.